The summed E-state index contributed by atoms with van der Waals surface area (Å²) in [5.74, 6) is -0.176. The van der Waals surface area contributed by atoms with Crippen LogP contribution in [0.4, 0.5) is 5.13 Å². The molecule has 0 bridgehead atoms. The molecule has 7 heteroatoms. The van der Waals surface area contributed by atoms with Crippen molar-refractivity contribution < 1.29 is 9.59 Å². The summed E-state index contributed by atoms with van der Waals surface area (Å²) in [6.07, 6.45) is 1.73. The van der Waals surface area contributed by atoms with Gasteiger partial charge >= 0.3 is 0 Å². The largest absolute Gasteiger partial charge is 0.320 e. The fraction of sp³-hybridized carbons (Fsp3) is 0.389. The predicted octanol–water partition coefficient (Wildman–Crippen LogP) is 3.23. The van der Waals surface area contributed by atoms with E-state index >= 15 is 0 Å². The highest BCUT2D eigenvalue weighted by atomic mass is 35.5. The Hall–Kier alpha value is -1.76. The molecular weight excluding hydrogens is 358 g/mol. The Kier molecular flexibility index (Phi) is 5.98. The van der Waals surface area contributed by atoms with Crippen LogP contribution < -0.4 is 11.1 Å². The molecule has 1 unspecified atom stereocenters. The molecule has 1 aliphatic rings. The molecular formula is C18H22ClN3O2S. The third kappa shape index (κ3) is 4.66. The summed E-state index contributed by atoms with van der Waals surface area (Å²) in [5, 5.41) is 3.22. The van der Waals surface area contributed by atoms with Crippen LogP contribution in [0.3, 0.4) is 0 Å². The Morgan fingerprint density at radius 3 is 2.68 bits per heavy atom. The van der Waals surface area contributed by atoms with E-state index < -0.39 is 6.04 Å². The summed E-state index contributed by atoms with van der Waals surface area (Å²) >= 11 is 1.25. The van der Waals surface area contributed by atoms with Gasteiger partial charge in [-0.2, -0.15) is 0 Å². The Balaban J connectivity index is 0.00000225. The van der Waals surface area contributed by atoms with Crippen molar-refractivity contribution in [2.24, 2.45) is 11.1 Å². The summed E-state index contributed by atoms with van der Waals surface area (Å²) < 4.78 is 0. The van der Waals surface area contributed by atoms with E-state index in [1.54, 1.807) is 0 Å². The van der Waals surface area contributed by atoms with Crippen molar-refractivity contribution in [2.75, 3.05) is 5.32 Å². The number of nitrogens with zero attached hydrogens (tertiary/aromatic N) is 1. The molecule has 1 amide bonds. The van der Waals surface area contributed by atoms with Crippen LogP contribution in [-0.2, 0) is 17.6 Å². The molecule has 0 saturated heterocycles. The highest BCUT2D eigenvalue weighted by molar-refractivity contribution is 7.17. The second-order valence-electron chi connectivity index (χ2n) is 7.02. The summed E-state index contributed by atoms with van der Waals surface area (Å²) in [6.45, 7) is 4.11. The van der Waals surface area contributed by atoms with E-state index in [1.165, 1.54) is 11.3 Å². The third-order valence-corrected chi connectivity index (χ3v) is 5.16. The van der Waals surface area contributed by atoms with E-state index in [1.807, 2.05) is 30.3 Å². The van der Waals surface area contributed by atoms with Crippen LogP contribution in [0.2, 0.25) is 0 Å². The molecule has 1 heterocycles. The van der Waals surface area contributed by atoms with Gasteiger partial charge in [-0.3, -0.25) is 9.59 Å². The molecule has 0 aliphatic heterocycles. The quantitative estimate of drug-likeness (QED) is 0.854. The zero-order valence-electron chi connectivity index (χ0n) is 14.2. The Bertz CT molecular complexity index is 774. The van der Waals surface area contributed by atoms with Gasteiger partial charge in [-0.05, 0) is 23.8 Å². The minimum Gasteiger partial charge on any atom is -0.320 e. The molecule has 25 heavy (non-hydrogen) atoms. The molecule has 3 rings (SSSR count). The normalized spacial score (nSPS) is 16.5. The maximum Gasteiger partial charge on any atom is 0.243 e. The summed E-state index contributed by atoms with van der Waals surface area (Å²) in [6, 6.07) is 8.99. The zero-order chi connectivity index (χ0) is 17.3. The Morgan fingerprint density at radius 1 is 1.32 bits per heavy atom. The van der Waals surface area contributed by atoms with Gasteiger partial charge in [0.1, 0.15) is 0 Å². The number of hydrogen-bond acceptors (Lipinski definition) is 5. The van der Waals surface area contributed by atoms with E-state index in [0.717, 1.165) is 17.7 Å². The number of amides is 1. The van der Waals surface area contributed by atoms with Gasteiger partial charge in [0.05, 0.1) is 16.6 Å². The first-order chi connectivity index (χ1) is 11.3. The first kappa shape index (κ1) is 19.6. The number of anilines is 1. The van der Waals surface area contributed by atoms with Crippen LogP contribution in [-0.4, -0.2) is 22.7 Å². The number of fused-ring (bicyclic) bond motifs is 1. The van der Waals surface area contributed by atoms with Gasteiger partial charge in [0.15, 0.2) is 10.9 Å². The van der Waals surface area contributed by atoms with Crippen LogP contribution in [0.15, 0.2) is 30.3 Å². The third-order valence-electron chi connectivity index (χ3n) is 4.10. The standard InChI is InChI=1S/C18H21N3O2S.ClH/c1-18(2)9-13-15(14(22)10-18)24-17(20-13)21-16(23)12(19)8-11-6-4-3-5-7-11;/h3-7,12H,8-10,19H2,1-2H3,(H,20,21,23);1H. The minimum atomic E-state index is -0.652. The SMILES string of the molecule is CC1(C)CC(=O)c2sc(NC(=O)C(N)Cc3ccccc3)nc2C1.Cl. The van der Waals surface area contributed by atoms with Crippen molar-refractivity contribution in [3.8, 4) is 0 Å². The number of rotatable bonds is 4. The molecule has 0 spiro atoms. The maximum atomic E-state index is 12.3. The summed E-state index contributed by atoms with van der Waals surface area (Å²) in [5.41, 5.74) is 7.70. The van der Waals surface area contributed by atoms with Gasteiger partial charge in [-0.15, -0.1) is 12.4 Å². The fourth-order valence-electron chi connectivity index (χ4n) is 2.93. The Morgan fingerprint density at radius 2 is 2.00 bits per heavy atom. The van der Waals surface area contributed by atoms with Crippen molar-refractivity contribution in [1.82, 2.24) is 4.98 Å². The smallest absolute Gasteiger partial charge is 0.243 e. The number of Topliss-reactive ketones (excluding diaryl/α,β-unsaturated/α-hetero) is 1. The van der Waals surface area contributed by atoms with Gasteiger partial charge in [-0.1, -0.05) is 55.5 Å². The monoisotopic (exact) mass is 379 g/mol. The van der Waals surface area contributed by atoms with E-state index in [9.17, 15) is 9.59 Å². The number of nitrogens with one attached hydrogen (secondary N) is 1. The lowest BCUT2D eigenvalue weighted by molar-refractivity contribution is -0.117. The average Bonchev–Trinajstić information content (AvgIpc) is 2.89. The van der Waals surface area contributed by atoms with E-state index in [2.05, 4.69) is 24.1 Å². The fourth-order valence-corrected chi connectivity index (χ4v) is 3.85. The predicted molar refractivity (Wildman–Crippen MR) is 103 cm³/mol. The van der Waals surface area contributed by atoms with E-state index in [4.69, 9.17) is 5.73 Å². The van der Waals surface area contributed by atoms with Crippen molar-refractivity contribution in [3.05, 3.63) is 46.5 Å². The molecule has 3 N–H and O–H groups in total. The summed E-state index contributed by atoms with van der Waals surface area (Å²) in [4.78, 5) is 29.6. The van der Waals surface area contributed by atoms with Crippen LogP contribution in [0.1, 0.15) is 41.2 Å². The number of aromatic nitrogens is 1. The highest BCUT2D eigenvalue weighted by Gasteiger charge is 2.34. The molecule has 1 atom stereocenters. The van der Waals surface area contributed by atoms with Gasteiger partial charge in [0.25, 0.3) is 0 Å². The number of carbonyl (C=O) groups excluding carboxylic acids is 2. The first-order valence-electron chi connectivity index (χ1n) is 7.97. The van der Waals surface area contributed by atoms with Crippen molar-refractivity contribution >= 4 is 40.6 Å². The van der Waals surface area contributed by atoms with Crippen molar-refractivity contribution in [1.29, 1.82) is 0 Å². The molecule has 1 aliphatic carbocycles. The zero-order valence-corrected chi connectivity index (χ0v) is 15.9. The second kappa shape index (κ2) is 7.64. The molecule has 1 aromatic heterocycles. The molecule has 1 aromatic carbocycles. The van der Waals surface area contributed by atoms with Crippen LogP contribution in [0.5, 0.6) is 0 Å². The number of benzene rings is 1. The van der Waals surface area contributed by atoms with Crippen molar-refractivity contribution in [2.45, 2.75) is 39.2 Å². The van der Waals surface area contributed by atoms with Crippen LogP contribution in [0.25, 0.3) is 0 Å². The maximum absolute atomic E-state index is 12.3. The highest BCUT2D eigenvalue weighted by Crippen LogP contribution is 2.38. The lowest BCUT2D eigenvalue weighted by atomic mass is 9.78. The molecule has 2 aromatic rings. The molecule has 0 radical (unpaired) electrons. The van der Waals surface area contributed by atoms with Crippen LogP contribution >= 0.6 is 23.7 Å². The van der Waals surface area contributed by atoms with Gasteiger partial charge in [0.2, 0.25) is 5.91 Å². The van der Waals surface area contributed by atoms with Crippen molar-refractivity contribution in [3.63, 3.8) is 0 Å². The first-order valence-corrected chi connectivity index (χ1v) is 8.79. The molecule has 0 saturated carbocycles. The molecule has 134 valence electrons. The van der Waals surface area contributed by atoms with Gasteiger partial charge in [0, 0.05) is 6.42 Å². The number of carbonyl (C=O) groups is 2. The number of ketones is 1. The topological polar surface area (TPSA) is 85.1 Å². The minimum absolute atomic E-state index is 0. The molecule has 0 fully saturated rings. The molecule has 5 nitrogen and oxygen atoms in total. The number of nitrogens with two attached hydrogens (primary N) is 1. The van der Waals surface area contributed by atoms with Gasteiger partial charge in [-0.25, -0.2) is 4.98 Å². The summed E-state index contributed by atoms with van der Waals surface area (Å²) in [7, 11) is 0. The number of halogens is 1. The van der Waals surface area contributed by atoms with E-state index in [0.29, 0.717) is 22.9 Å². The number of thiazole rings is 1. The average molecular weight is 380 g/mol. The van der Waals surface area contributed by atoms with Crippen LogP contribution in [0, 0.1) is 5.41 Å². The van der Waals surface area contributed by atoms with E-state index in [-0.39, 0.29) is 29.5 Å². The second-order valence-corrected chi connectivity index (χ2v) is 8.02. The Labute approximate surface area is 157 Å². The lowest BCUT2D eigenvalue weighted by Crippen LogP contribution is -2.37. The van der Waals surface area contributed by atoms with Gasteiger partial charge < -0.3 is 11.1 Å². The lowest BCUT2D eigenvalue weighted by Gasteiger charge is -2.26. The number of hydrogen-bond donors (Lipinski definition) is 2.